The van der Waals surface area contributed by atoms with Gasteiger partial charge in [0.05, 0.1) is 18.7 Å². The molecule has 0 aliphatic carbocycles. The van der Waals surface area contributed by atoms with Gasteiger partial charge >= 0.3 is 0 Å². The Balaban J connectivity index is 1.69. The van der Waals surface area contributed by atoms with Crippen LogP contribution >= 0.6 is 11.8 Å². The van der Waals surface area contributed by atoms with Gasteiger partial charge in [0.2, 0.25) is 5.91 Å². The summed E-state index contributed by atoms with van der Waals surface area (Å²) in [6.07, 6.45) is 6.44. The summed E-state index contributed by atoms with van der Waals surface area (Å²) in [5.74, 6) is 1.62. The van der Waals surface area contributed by atoms with Gasteiger partial charge in [0.25, 0.3) is 0 Å². The highest BCUT2D eigenvalue weighted by Crippen LogP contribution is 2.42. The molecule has 0 spiro atoms. The Labute approximate surface area is 140 Å². The number of hydrogen-bond acceptors (Lipinski definition) is 4. The average Bonchev–Trinajstić information content (AvgIpc) is 3.19. The van der Waals surface area contributed by atoms with Crippen molar-refractivity contribution in [2.45, 2.75) is 25.3 Å². The number of aryl methyl sites for hydroxylation is 1. The number of nitrogens with zero attached hydrogens (tertiary/aromatic N) is 3. The molecule has 1 aromatic carbocycles. The first-order valence-electron chi connectivity index (χ1n) is 7.88. The number of carbonyl (C=O) groups excluding carboxylic acids is 1. The lowest BCUT2D eigenvalue weighted by Gasteiger charge is -2.25. The third-order valence-corrected chi connectivity index (χ3v) is 5.07. The molecular formula is C17H21N3O2S. The van der Waals surface area contributed by atoms with Gasteiger partial charge in [-0.05, 0) is 19.4 Å². The van der Waals surface area contributed by atoms with Crippen molar-refractivity contribution in [1.82, 2.24) is 14.5 Å². The molecule has 1 amide bonds. The Morgan fingerprint density at radius 2 is 2.22 bits per heavy atom. The zero-order valence-electron chi connectivity index (χ0n) is 13.2. The number of rotatable bonds is 7. The second kappa shape index (κ2) is 7.55. The van der Waals surface area contributed by atoms with Crippen LogP contribution in [-0.2, 0) is 11.3 Å². The quantitative estimate of drug-likeness (QED) is 0.783. The van der Waals surface area contributed by atoms with Crippen LogP contribution in [0.5, 0.6) is 5.75 Å². The fourth-order valence-electron chi connectivity index (χ4n) is 2.77. The third-order valence-electron chi connectivity index (χ3n) is 3.83. The van der Waals surface area contributed by atoms with Gasteiger partial charge < -0.3 is 14.2 Å². The minimum absolute atomic E-state index is 0.0491. The van der Waals surface area contributed by atoms with Gasteiger partial charge in [-0.25, -0.2) is 4.98 Å². The van der Waals surface area contributed by atoms with Crippen LogP contribution < -0.4 is 4.74 Å². The number of thioether (sulfide) groups is 1. The zero-order chi connectivity index (χ0) is 16.1. The number of aromatic nitrogens is 2. The molecule has 1 aromatic heterocycles. The third kappa shape index (κ3) is 3.69. The number of carbonyl (C=O) groups is 1. The van der Waals surface area contributed by atoms with Crippen LogP contribution in [-0.4, -0.2) is 39.3 Å². The van der Waals surface area contributed by atoms with Crippen LogP contribution in [0.15, 0.2) is 43.0 Å². The van der Waals surface area contributed by atoms with Crippen molar-refractivity contribution in [1.29, 1.82) is 0 Å². The monoisotopic (exact) mass is 331 g/mol. The van der Waals surface area contributed by atoms with E-state index in [1.807, 2.05) is 47.1 Å². The smallest absolute Gasteiger partial charge is 0.233 e. The first-order valence-corrected chi connectivity index (χ1v) is 8.93. The van der Waals surface area contributed by atoms with Crippen LogP contribution in [0.3, 0.4) is 0 Å². The van der Waals surface area contributed by atoms with E-state index in [4.69, 9.17) is 4.74 Å². The molecule has 0 N–H and O–H groups in total. The van der Waals surface area contributed by atoms with E-state index in [9.17, 15) is 4.79 Å². The topological polar surface area (TPSA) is 47.4 Å². The molecule has 1 unspecified atom stereocenters. The molecule has 6 heteroatoms. The Bertz CT molecular complexity index is 645. The number of hydrogen-bond donors (Lipinski definition) is 0. The van der Waals surface area contributed by atoms with Crippen molar-refractivity contribution in [3.05, 3.63) is 48.5 Å². The number of imidazole rings is 1. The molecule has 1 atom stereocenters. The highest BCUT2D eigenvalue weighted by atomic mass is 32.2. The number of ether oxygens (including phenoxy) is 1. The molecule has 122 valence electrons. The summed E-state index contributed by atoms with van der Waals surface area (Å²) in [5, 5.41) is 0.0491. The largest absolute Gasteiger partial charge is 0.493 e. The fourth-order valence-corrected chi connectivity index (χ4v) is 4.01. The molecule has 1 aliphatic heterocycles. The maximum Gasteiger partial charge on any atom is 0.233 e. The van der Waals surface area contributed by atoms with Gasteiger partial charge in [-0.3, -0.25) is 4.79 Å². The van der Waals surface area contributed by atoms with E-state index >= 15 is 0 Å². The maximum absolute atomic E-state index is 12.3. The van der Waals surface area contributed by atoms with E-state index in [0.717, 1.165) is 30.8 Å². The highest BCUT2D eigenvalue weighted by Gasteiger charge is 2.33. The Hall–Kier alpha value is -1.95. The second-order valence-corrected chi connectivity index (χ2v) is 6.44. The van der Waals surface area contributed by atoms with Crippen LogP contribution in [0.1, 0.15) is 24.3 Å². The summed E-state index contributed by atoms with van der Waals surface area (Å²) in [6, 6.07) is 8.01. The van der Waals surface area contributed by atoms with Gasteiger partial charge in [-0.2, -0.15) is 0 Å². The minimum atomic E-state index is 0.0491. The molecule has 3 rings (SSSR count). The number of para-hydroxylation sites is 1. The van der Waals surface area contributed by atoms with Crippen LogP contribution in [0.2, 0.25) is 0 Å². The van der Waals surface area contributed by atoms with Gasteiger partial charge in [0, 0.05) is 31.0 Å². The summed E-state index contributed by atoms with van der Waals surface area (Å²) >= 11 is 1.68. The van der Waals surface area contributed by atoms with Gasteiger partial charge in [-0.15, -0.1) is 11.8 Å². The summed E-state index contributed by atoms with van der Waals surface area (Å²) in [6.45, 7) is 4.22. The average molecular weight is 331 g/mol. The highest BCUT2D eigenvalue weighted by molar-refractivity contribution is 8.00. The van der Waals surface area contributed by atoms with Gasteiger partial charge in [0.15, 0.2) is 0 Å². The second-order valence-electron chi connectivity index (χ2n) is 5.38. The summed E-state index contributed by atoms with van der Waals surface area (Å²) in [7, 11) is 0. The molecule has 0 radical (unpaired) electrons. The standard InChI is InChI=1S/C17H21N3O2S/c1-2-22-15-7-4-3-6-14(15)17-20(16(21)12-23-17)10-5-9-19-11-8-18-13-19/h3-4,6-8,11,13,17H,2,5,9-10,12H2,1H3. The van der Waals surface area contributed by atoms with Gasteiger partial charge in [0.1, 0.15) is 11.1 Å². The summed E-state index contributed by atoms with van der Waals surface area (Å²) in [4.78, 5) is 18.3. The normalized spacial score (nSPS) is 17.7. The molecule has 5 nitrogen and oxygen atoms in total. The van der Waals surface area contributed by atoms with Crippen molar-refractivity contribution in [2.24, 2.45) is 0 Å². The Morgan fingerprint density at radius 3 is 3.00 bits per heavy atom. The van der Waals surface area contributed by atoms with E-state index in [1.54, 1.807) is 18.0 Å². The lowest BCUT2D eigenvalue weighted by molar-refractivity contribution is -0.128. The van der Waals surface area contributed by atoms with E-state index < -0.39 is 0 Å². The molecule has 1 fully saturated rings. The lowest BCUT2D eigenvalue weighted by Crippen LogP contribution is -2.30. The van der Waals surface area contributed by atoms with Crippen LogP contribution in [0.25, 0.3) is 0 Å². The van der Waals surface area contributed by atoms with E-state index in [1.165, 1.54) is 0 Å². The Kier molecular flexibility index (Phi) is 5.23. The lowest BCUT2D eigenvalue weighted by atomic mass is 10.1. The first-order chi connectivity index (χ1) is 11.3. The minimum Gasteiger partial charge on any atom is -0.493 e. The number of amides is 1. The maximum atomic E-state index is 12.3. The molecule has 0 saturated carbocycles. The van der Waals surface area contributed by atoms with Gasteiger partial charge in [-0.1, -0.05) is 18.2 Å². The molecule has 1 saturated heterocycles. The number of benzene rings is 1. The van der Waals surface area contributed by atoms with Crippen LogP contribution in [0, 0.1) is 0 Å². The van der Waals surface area contributed by atoms with Crippen molar-refractivity contribution in [3.8, 4) is 5.75 Å². The first kappa shape index (κ1) is 15.9. The predicted octanol–water partition coefficient (Wildman–Crippen LogP) is 2.95. The van der Waals surface area contributed by atoms with Crippen molar-refractivity contribution >= 4 is 17.7 Å². The SMILES string of the molecule is CCOc1ccccc1C1SCC(=O)N1CCCn1ccnc1. The Morgan fingerprint density at radius 1 is 1.35 bits per heavy atom. The zero-order valence-corrected chi connectivity index (χ0v) is 14.0. The molecule has 2 heterocycles. The van der Waals surface area contributed by atoms with Crippen molar-refractivity contribution in [2.75, 3.05) is 18.9 Å². The molecular weight excluding hydrogens is 310 g/mol. The molecule has 23 heavy (non-hydrogen) atoms. The molecule has 0 bridgehead atoms. The van der Waals surface area contributed by atoms with E-state index in [2.05, 4.69) is 11.1 Å². The molecule has 2 aromatic rings. The van der Waals surface area contributed by atoms with E-state index in [-0.39, 0.29) is 11.3 Å². The van der Waals surface area contributed by atoms with Crippen molar-refractivity contribution < 1.29 is 9.53 Å². The van der Waals surface area contributed by atoms with E-state index in [0.29, 0.717) is 12.4 Å². The predicted molar refractivity (Wildman–Crippen MR) is 91.4 cm³/mol. The fraction of sp³-hybridized carbons (Fsp3) is 0.412. The van der Waals surface area contributed by atoms with Crippen LogP contribution in [0.4, 0.5) is 0 Å². The van der Waals surface area contributed by atoms with Crippen molar-refractivity contribution in [3.63, 3.8) is 0 Å². The summed E-state index contributed by atoms with van der Waals surface area (Å²) < 4.78 is 7.77. The summed E-state index contributed by atoms with van der Waals surface area (Å²) in [5.41, 5.74) is 1.09. The molecule has 1 aliphatic rings.